The van der Waals surface area contributed by atoms with Crippen molar-refractivity contribution < 1.29 is 9.90 Å². The highest BCUT2D eigenvalue weighted by molar-refractivity contribution is 5.80. The van der Waals surface area contributed by atoms with Crippen molar-refractivity contribution in [1.82, 2.24) is 4.90 Å². The smallest absolute Gasteiger partial charge is 0.228 e. The van der Waals surface area contributed by atoms with Gasteiger partial charge in [0.1, 0.15) is 0 Å². The van der Waals surface area contributed by atoms with Crippen molar-refractivity contribution in [2.45, 2.75) is 51.2 Å². The van der Waals surface area contributed by atoms with E-state index >= 15 is 0 Å². The Labute approximate surface area is 120 Å². The molecule has 1 N–H and O–H groups in total. The van der Waals surface area contributed by atoms with Gasteiger partial charge in [0.2, 0.25) is 5.91 Å². The van der Waals surface area contributed by atoms with Gasteiger partial charge >= 0.3 is 0 Å². The Bertz CT molecular complexity index is 500. The summed E-state index contributed by atoms with van der Waals surface area (Å²) in [6.45, 7) is 2.95. The molecule has 0 spiro atoms. The van der Waals surface area contributed by atoms with Crippen LogP contribution in [0.2, 0.25) is 0 Å². The van der Waals surface area contributed by atoms with Crippen LogP contribution in [0.1, 0.15) is 49.3 Å². The molecule has 1 saturated heterocycles. The van der Waals surface area contributed by atoms with Gasteiger partial charge in [-0.3, -0.25) is 4.79 Å². The highest BCUT2D eigenvalue weighted by atomic mass is 16.3. The number of nitrogens with zero attached hydrogens (tertiary/aromatic N) is 1. The number of aliphatic hydroxyl groups excluding tert-OH is 1. The van der Waals surface area contributed by atoms with Crippen molar-refractivity contribution in [3.05, 3.63) is 35.4 Å². The molecule has 1 aromatic rings. The third-order valence-corrected chi connectivity index (χ3v) is 4.88. The maximum Gasteiger partial charge on any atom is 0.228 e. The van der Waals surface area contributed by atoms with Crippen LogP contribution in [0.5, 0.6) is 0 Å². The molecular weight excluding hydrogens is 250 g/mol. The van der Waals surface area contributed by atoms with E-state index in [9.17, 15) is 9.90 Å². The van der Waals surface area contributed by atoms with E-state index in [-0.39, 0.29) is 17.9 Å². The molecule has 3 unspecified atom stereocenters. The molecule has 2 fully saturated rings. The first-order valence-corrected chi connectivity index (χ1v) is 7.72. The van der Waals surface area contributed by atoms with Gasteiger partial charge in [-0.2, -0.15) is 0 Å². The van der Waals surface area contributed by atoms with Gasteiger partial charge in [0.25, 0.3) is 0 Å². The largest absolute Gasteiger partial charge is 0.392 e. The van der Waals surface area contributed by atoms with Gasteiger partial charge in [0.05, 0.1) is 18.1 Å². The average Bonchev–Trinajstić information content (AvgIpc) is 3.07. The predicted octanol–water partition coefficient (Wildman–Crippen LogP) is 2.82. The first-order chi connectivity index (χ1) is 9.68. The van der Waals surface area contributed by atoms with Crippen molar-refractivity contribution in [3.8, 4) is 0 Å². The van der Waals surface area contributed by atoms with Crippen molar-refractivity contribution >= 4 is 5.91 Å². The Morgan fingerprint density at radius 2 is 2.00 bits per heavy atom. The molecule has 1 aliphatic carbocycles. The van der Waals surface area contributed by atoms with Crippen LogP contribution >= 0.6 is 0 Å². The van der Waals surface area contributed by atoms with E-state index in [1.54, 1.807) is 0 Å². The maximum absolute atomic E-state index is 12.7. The van der Waals surface area contributed by atoms with Gasteiger partial charge in [0, 0.05) is 6.54 Å². The average molecular weight is 273 g/mol. The lowest BCUT2D eigenvalue weighted by atomic mass is 9.97. The SMILES string of the molecule is Cc1ccccc1C1CCCN1C(=O)C1CCCC1O. The van der Waals surface area contributed by atoms with Gasteiger partial charge in [-0.05, 0) is 50.2 Å². The van der Waals surface area contributed by atoms with Crippen molar-refractivity contribution in [2.24, 2.45) is 5.92 Å². The molecule has 2 aliphatic rings. The van der Waals surface area contributed by atoms with E-state index in [0.29, 0.717) is 0 Å². The molecule has 0 bridgehead atoms. The summed E-state index contributed by atoms with van der Waals surface area (Å²) in [5.41, 5.74) is 2.52. The Balaban J connectivity index is 1.82. The topological polar surface area (TPSA) is 40.5 Å². The second-order valence-corrected chi connectivity index (χ2v) is 6.15. The molecular formula is C17H23NO2. The fourth-order valence-corrected chi connectivity index (χ4v) is 3.76. The zero-order chi connectivity index (χ0) is 14.1. The summed E-state index contributed by atoms with van der Waals surface area (Å²) in [6, 6.07) is 8.54. The number of carbonyl (C=O) groups excluding carboxylic acids is 1. The molecule has 1 saturated carbocycles. The van der Waals surface area contributed by atoms with Gasteiger partial charge in [0.15, 0.2) is 0 Å². The fraction of sp³-hybridized carbons (Fsp3) is 0.588. The molecule has 1 heterocycles. The summed E-state index contributed by atoms with van der Waals surface area (Å²) < 4.78 is 0. The summed E-state index contributed by atoms with van der Waals surface area (Å²) in [5.74, 6) is 0.000344. The van der Waals surface area contributed by atoms with E-state index in [0.717, 1.165) is 38.6 Å². The molecule has 1 amide bonds. The summed E-state index contributed by atoms with van der Waals surface area (Å²) in [7, 11) is 0. The highest BCUT2D eigenvalue weighted by Crippen LogP contribution is 2.37. The quantitative estimate of drug-likeness (QED) is 0.900. The zero-order valence-corrected chi connectivity index (χ0v) is 12.1. The molecule has 3 heteroatoms. The first kappa shape index (κ1) is 13.6. The number of carbonyl (C=O) groups is 1. The van der Waals surface area contributed by atoms with Crippen molar-refractivity contribution in [2.75, 3.05) is 6.54 Å². The molecule has 20 heavy (non-hydrogen) atoms. The van der Waals surface area contributed by atoms with Crippen LogP contribution in [-0.4, -0.2) is 28.6 Å². The molecule has 3 rings (SSSR count). The van der Waals surface area contributed by atoms with Gasteiger partial charge in [-0.15, -0.1) is 0 Å². The second-order valence-electron chi connectivity index (χ2n) is 6.15. The van der Waals surface area contributed by atoms with E-state index in [1.165, 1.54) is 11.1 Å². The second kappa shape index (κ2) is 5.57. The number of benzene rings is 1. The fourth-order valence-electron chi connectivity index (χ4n) is 3.76. The van der Waals surface area contributed by atoms with Crippen LogP contribution in [0.25, 0.3) is 0 Å². The summed E-state index contributed by atoms with van der Waals surface area (Å²) in [4.78, 5) is 14.7. The van der Waals surface area contributed by atoms with Gasteiger partial charge in [-0.1, -0.05) is 24.3 Å². The number of hydrogen-bond donors (Lipinski definition) is 1. The number of rotatable bonds is 2. The number of aryl methyl sites for hydroxylation is 1. The zero-order valence-electron chi connectivity index (χ0n) is 12.1. The lowest BCUT2D eigenvalue weighted by Gasteiger charge is -2.29. The molecule has 1 aromatic carbocycles. The lowest BCUT2D eigenvalue weighted by molar-refractivity contribution is -0.139. The summed E-state index contributed by atoms with van der Waals surface area (Å²) in [5, 5.41) is 9.98. The van der Waals surface area contributed by atoms with E-state index in [4.69, 9.17) is 0 Å². The predicted molar refractivity (Wildman–Crippen MR) is 78.2 cm³/mol. The van der Waals surface area contributed by atoms with Crippen LogP contribution in [0, 0.1) is 12.8 Å². The standard InChI is InChI=1S/C17H23NO2/c1-12-6-2-3-7-13(12)15-9-5-11-18(15)17(20)14-8-4-10-16(14)19/h2-3,6-7,14-16,19H,4-5,8-11H2,1H3. The number of likely N-dealkylation sites (tertiary alicyclic amines) is 1. The summed E-state index contributed by atoms with van der Waals surface area (Å²) >= 11 is 0. The van der Waals surface area contributed by atoms with Gasteiger partial charge < -0.3 is 10.0 Å². The molecule has 0 aromatic heterocycles. The normalized spacial score (nSPS) is 29.9. The van der Waals surface area contributed by atoms with Crippen molar-refractivity contribution in [1.29, 1.82) is 0 Å². The minimum absolute atomic E-state index is 0.167. The molecule has 3 nitrogen and oxygen atoms in total. The molecule has 108 valence electrons. The molecule has 0 radical (unpaired) electrons. The monoisotopic (exact) mass is 273 g/mol. The maximum atomic E-state index is 12.7. The first-order valence-electron chi connectivity index (χ1n) is 7.72. The summed E-state index contributed by atoms with van der Waals surface area (Å²) in [6.07, 6.45) is 4.27. The number of amides is 1. The van der Waals surface area contributed by atoms with Crippen LogP contribution in [0.4, 0.5) is 0 Å². The Morgan fingerprint density at radius 1 is 1.20 bits per heavy atom. The van der Waals surface area contributed by atoms with Crippen LogP contribution in [-0.2, 0) is 4.79 Å². The Hall–Kier alpha value is -1.35. The lowest BCUT2D eigenvalue weighted by Crippen LogP contribution is -2.38. The van der Waals surface area contributed by atoms with E-state index in [1.807, 2.05) is 17.0 Å². The number of aliphatic hydroxyl groups is 1. The minimum atomic E-state index is -0.430. The van der Waals surface area contributed by atoms with Crippen LogP contribution in [0.3, 0.4) is 0 Å². The van der Waals surface area contributed by atoms with E-state index < -0.39 is 6.10 Å². The molecule has 1 aliphatic heterocycles. The molecule has 3 atom stereocenters. The minimum Gasteiger partial charge on any atom is -0.392 e. The number of hydrogen-bond acceptors (Lipinski definition) is 2. The Morgan fingerprint density at radius 3 is 2.70 bits per heavy atom. The van der Waals surface area contributed by atoms with Crippen molar-refractivity contribution in [3.63, 3.8) is 0 Å². The highest BCUT2D eigenvalue weighted by Gasteiger charge is 2.39. The third kappa shape index (κ3) is 2.35. The van der Waals surface area contributed by atoms with Crippen LogP contribution in [0.15, 0.2) is 24.3 Å². The van der Waals surface area contributed by atoms with E-state index in [2.05, 4.69) is 19.1 Å². The Kier molecular flexibility index (Phi) is 3.79. The van der Waals surface area contributed by atoms with Crippen LogP contribution < -0.4 is 0 Å². The van der Waals surface area contributed by atoms with Gasteiger partial charge in [-0.25, -0.2) is 0 Å². The third-order valence-electron chi connectivity index (χ3n) is 4.88.